The van der Waals surface area contributed by atoms with Crippen molar-refractivity contribution in [1.29, 1.82) is 0 Å². The molecule has 0 saturated carbocycles. The number of nitrogens with zero attached hydrogens (tertiary/aromatic N) is 4. The molecule has 0 fully saturated rings. The highest BCUT2D eigenvalue weighted by Gasteiger charge is 2.30. The molecule has 32 heavy (non-hydrogen) atoms. The maximum atomic E-state index is 13.1. The van der Waals surface area contributed by atoms with Crippen LogP contribution in [0.3, 0.4) is 0 Å². The summed E-state index contributed by atoms with van der Waals surface area (Å²) in [6.07, 6.45) is -0.258. The number of nitrogens with one attached hydrogen (secondary N) is 1. The molecule has 3 heterocycles. The van der Waals surface area contributed by atoms with Gasteiger partial charge in [0.05, 0.1) is 10.9 Å². The van der Waals surface area contributed by atoms with Gasteiger partial charge >= 0.3 is 6.18 Å². The Labute approximate surface area is 183 Å². The first-order valence-corrected chi connectivity index (χ1v) is 10.3. The van der Waals surface area contributed by atoms with Crippen molar-refractivity contribution in [3.05, 3.63) is 69.8 Å². The summed E-state index contributed by atoms with van der Waals surface area (Å²) in [6, 6.07) is 6.55. The van der Waals surface area contributed by atoms with Crippen molar-refractivity contribution in [3.8, 4) is 0 Å². The van der Waals surface area contributed by atoms with Gasteiger partial charge in [0.25, 0.3) is 5.56 Å². The van der Waals surface area contributed by atoms with Gasteiger partial charge in [0.15, 0.2) is 0 Å². The lowest BCUT2D eigenvalue weighted by atomic mass is 9.99. The highest BCUT2D eigenvalue weighted by molar-refractivity contribution is 5.89. The third kappa shape index (κ3) is 4.25. The molecule has 0 bridgehead atoms. The quantitative estimate of drug-likeness (QED) is 0.654. The van der Waals surface area contributed by atoms with Crippen LogP contribution in [0.1, 0.15) is 36.1 Å². The minimum absolute atomic E-state index is 0.135. The third-order valence-corrected chi connectivity index (χ3v) is 5.83. The number of pyridine rings is 1. The van der Waals surface area contributed by atoms with E-state index in [0.29, 0.717) is 28.0 Å². The molecule has 0 unspecified atom stereocenters. The predicted octanol–water partition coefficient (Wildman–Crippen LogP) is 4.24. The van der Waals surface area contributed by atoms with E-state index in [1.54, 1.807) is 26.1 Å². The number of likely N-dealkylation sites (N-methyl/N-ethyl adjacent to an activating group) is 1. The first kappa shape index (κ1) is 22.0. The van der Waals surface area contributed by atoms with Crippen molar-refractivity contribution in [2.75, 3.05) is 25.5 Å². The summed E-state index contributed by atoms with van der Waals surface area (Å²) in [7, 11) is 3.69. The molecule has 2 aromatic heterocycles. The van der Waals surface area contributed by atoms with Gasteiger partial charge in [-0.2, -0.15) is 13.2 Å². The van der Waals surface area contributed by atoms with Gasteiger partial charge in [-0.25, -0.2) is 9.97 Å². The summed E-state index contributed by atoms with van der Waals surface area (Å²) in [6.45, 7) is 3.39. The molecule has 1 aliphatic heterocycles. The van der Waals surface area contributed by atoms with Crippen LogP contribution in [-0.2, 0) is 13.2 Å². The van der Waals surface area contributed by atoms with Crippen LogP contribution in [0.5, 0.6) is 0 Å². The fraction of sp³-hybridized carbons (Fsp3) is 0.348. The van der Waals surface area contributed by atoms with Crippen LogP contribution < -0.4 is 10.9 Å². The Morgan fingerprint density at radius 2 is 1.94 bits per heavy atom. The number of alkyl halides is 3. The summed E-state index contributed by atoms with van der Waals surface area (Å²) in [5.41, 5.74) is 1.68. The van der Waals surface area contributed by atoms with Gasteiger partial charge in [0.1, 0.15) is 17.8 Å². The molecule has 1 atom stereocenters. The van der Waals surface area contributed by atoms with Crippen molar-refractivity contribution in [2.24, 2.45) is 7.05 Å². The van der Waals surface area contributed by atoms with E-state index in [9.17, 15) is 18.0 Å². The average Bonchev–Trinajstić information content (AvgIpc) is 2.77. The van der Waals surface area contributed by atoms with Gasteiger partial charge in [0.2, 0.25) is 0 Å². The lowest BCUT2D eigenvalue weighted by molar-refractivity contribution is -0.137. The van der Waals surface area contributed by atoms with Gasteiger partial charge in [-0.15, -0.1) is 0 Å². The molecule has 0 amide bonds. The Morgan fingerprint density at radius 3 is 2.62 bits per heavy atom. The minimum atomic E-state index is -4.41. The van der Waals surface area contributed by atoms with Crippen molar-refractivity contribution in [1.82, 2.24) is 19.4 Å². The van der Waals surface area contributed by atoms with Crippen LogP contribution in [0, 0.1) is 0 Å². The molecule has 0 spiro atoms. The fourth-order valence-electron chi connectivity index (χ4n) is 3.90. The lowest BCUT2D eigenvalue weighted by Crippen LogP contribution is -2.27. The summed E-state index contributed by atoms with van der Waals surface area (Å²) >= 11 is 0. The number of hydrogen-bond donors (Lipinski definition) is 1. The normalized spacial score (nSPS) is 16.1. The molecule has 1 aromatic carbocycles. The molecule has 1 aliphatic rings. The van der Waals surface area contributed by atoms with Gasteiger partial charge in [-0.3, -0.25) is 9.36 Å². The summed E-state index contributed by atoms with van der Waals surface area (Å²) in [5.74, 6) is 0.463. The van der Waals surface area contributed by atoms with Crippen LogP contribution in [0.25, 0.3) is 16.6 Å². The zero-order valence-corrected chi connectivity index (χ0v) is 18.1. The summed E-state index contributed by atoms with van der Waals surface area (Å²) < 4.78 is 40.8. The van der Waals surface area contributed by atoms with Crippen molar-refractivity contribution in [2.45, 2.75) is 25.6 Å². The van der Waals surface area contributed by atoms with E-state index in [2.05, 4.69) is 20.2 Å². The van der Waals surface area contributed by atoms with Crippen LogP contribution in [0.4, 0.5) is 19.0 Å². The molecular formula is C23H24F3N5O. The predicted molar refractivity (Wildman–Crippen MR) is 118 cm³/mol. The molecule has 168 valence electrons. The van der Waals surface area contributed by atoms with Gasteiger partial charge in [0, 0.05) is 31.7 Å². The standard InChI is InChI=1S/C23H24F3N5O/c1-14(16-5-4-6-17(11-16)23(24,25)26)29-20-19-12-18(15-7-9-30(2)10-8-15)22(32)31(3)21(19)28-13-27-20/h4-7,11-14H,8-10H2,1-3H3,(H,27,28,29)/t14-/m1/s1. The van der Waals surface area contributed by atoms with Crippen LogP contribution in [0.2, 0.25) is 0 Å². The Hall–Kier alpha value is -3.20. The number of fused-ring (bicyclic) bond motifs is 1. The van der Waals surface area contributed by atoms with Crippen LogP contribution in [-0.4, -0.2) is 39.6 Å². The largest absolute Gasteiger partial charge is 0.416 e. The molecule has 9 heteroatoms. The first-order valence-electron chi connectivity index (χ1n) is 10.3. The molecule has 1 N–H and O–H groups in total. The Morgan fingerprint density at radius 1 is 1.16 bits per heavy atom. The molecule has 6 nitrogen and oxygen atoms in total. The molecule has 0 radical (unpaired) electrons. The van der Waals surface area contributed by atoms with Crippen LogP contribution in [0.15, 0.2) is 47.5 Å². The number of halogens is 3. The lowest BCUT2D eigenvalue weighted by Gasteiger charge is -2.22. The van der Waals surface area contributed by atoms with E-state index >= 15 is 0 Å². The second-order valence-corrected chi connectivity index (χ2v) is 8.11. The van der Waals surface area contributed by atoms with Gasteiger partial charge < -0.3 is 10.2 Å². The summed E-state index contributed by atoms with van der Waals surface area (Å²) in [5, 5.41) is 3.84. The number of benzene rings is 1. The second-order valence-electron chi connectivity index (χ2n) is 8.11. The minimum Gasteiger partial charge on any atom is -0.363 e. The van der Waals surface area contributed by atoms with Gasteiger partial charge in [-0.1, -0.05) is 18.2 Å². The van der Waals surface area contributed by atoms with E-state index in [1.807, 2.05) is 13.1 Å². The van der Waals surface area contributed by atoms with Crippen LogP contribution >= 0.6 is 0 Å². The maximum absolute atomic E-state index is 13.1. The number of aryl methyl sites for hydroxylation is 1. The van der Waals surface area contributed by atoms with Crippen molar-refractivity contribution >= 4 is 22.4 Å². The SMILES string of the molecule is C[C@@H](Nc1ncnc2c1cc(C1=CCN(C)CC1)c(=O)n2C)c1cccc(C(F)(F)F)c1. The van der Waals surface area contributed by atoms with Crippen molar-refractivity contribution in [3.63, 3.8) is 0 Å². The topological polar surface area (TPSA) is 63.1 Å². The molecule has 0 saturated heterocycles. The molecule has 4 rings (SSSR count). The Balaban J connectivity index is 1.74. The number of rotatable bonds is 4. The Kier molecular flexibility index (Phi) is 5.77. The maximum Gasteiger partial charge on any atom is 0.416 e. The van der Waals surface area contributed by atoms with E-state index in [0.717, 1.165) is 37.2 Å². The summed E-state index contributed by atoms with van der Waals surface area (Å²) in [4.78, 5) is 23.7. The number of hydrogen-bond acceptors (Lipinski definition) is 5. The van der Waals surface area contributed by atoms with E-state index < -0.39 is 17.8 Å². The van der Waals surface area contributed by atoms with E-state index in [4.69, 9.17) is 0 Å². The second kappa shape index (κ2) is 8.38. The number of aromatic nitrogens is 3. The van der Waals surface area contributed by atoms with Crippen molar-refractivity contribution < 1.29 is 13.2 Å². The molecule has 3 aromatic rings. The number of anilines is 1. The zero-order valence-electron chi connectivity index (χ0n) is 18.1. The fourth-order valence-corrected chi connectivity index (χ4v) is 3.90. The van der Waals surface area contributed by atoms with E-state index in [1.165, 1.54) is 17.0 Å². The average molecular weight is 443 g/mol. The first-order chi connectivity index (χ1) is 15.1. The highest BCUT2D eigenvalue weighted by atomic mass is 19.4. The van der Waals surface area contributed by atoms with Gasteiger partial charge in [-0.05, 0) is 49.7 Å². The molecular weight excluding hydrogens is 419 g/mol. The Bertz CT molecular complexity index is 1250. The zero-order chi connectivity index (χ0) is 23.0. The van der Waals surface area contributed by atoms with E-state index in [-0.39, 0.29) is 5.56 Å². The molecule has 0 aliphatic carbocycles. The smallest absolute Gasteiger partial charge is 0.363 e. The monoisotopic (exact) mass is 443 g/mol. The third-order valence-electron chi connectivity index (χ3n) is 5.83. The highest BCUT2D eigenvalue weighted by Crippen LogP contribution is 2.32.